The van der Waals surface area contributed by atoms with Gasteiger partial charge >= 0.3 is 5.91 Å². The van der Waals surface area contributed by atoms with Crippen molar-refractivity contribution in [2.75, 3.05) is 18.4 Å². The first-order valence-electron chi connectivity index (χ1n) is 9.05. The van der Waals surface area contributed by atoms with Gasteiger partial charge in [-0.15, -0.1) is 24.8 Å². The van der Waals surface area contributed by atoms with Crippen LogP contribution in [0.3, 0.4) is 0 Å². The number of amides is 1. The molecule has 1 atom stereocenters. The van der Waals surface area contributed by atoms with Crippen LogP contribution in [0.15, 0.2) is 48.4 Å². The van der Waals surface area contributed by atoms with Crippen LogP contribution in [0.1, 0.15) is 24.0 Å². The Morgan fingerprint density at radius 2 is 2.07 bits per heavy atom. The Bertz CT molecular complexity index is 855. The molecule has 0 saturated carbocycles. The van der Waals surface area contributed by atoms with E-state index in [0.29, 0.717) is 16.4 Å². The van der Waals surface area contributed by atoms with Gasteiger partial charge in [-0.1, -0.05) is 41.9 Å². The molecule has 3 N–H and O–H groups in total. The standard InChI is InChI=1S/C20H22ClFN4O2.2ClH/c21-17-9-15(10-18(22)20(27)25-28)11-23-19(17)24-16-7-4-8-26(13-16)12-14-5-2-1-3-6-14;;/h1-3,5-6,9-11,16,28H,4,7-8,12-13H2,(H,23,24)(H,25,27);2*1H/t16-;;/m1../s1. The minimum atomic E-state index is -1.22. The molecule has 0 aliphatic carbocycles. The second kappa shape index (κ2) is 12.7. The highest BCUT2D eigenvalue weighted by Gasteiger charge is 2.21. The van der Waals surface area contributed by atoms with E-state index in [-0.39, 0.29) is 30.9 Å². The highest BCUT2D eigenvalue weighted by atomic mass is 35.5. The van der Waals surface area contributed by atoms with E-state index in [0.717, 1.165) is 38.6 Å². The molecule has 3 rings (SSSR count). The van der Waals surface area contributed by atoms with E-state index in [1.807, 2.05) is 18.2 Å². The monoisotopic (exact) mass is 476 g/mol. The molecule has 1 aliphatic rings. The molecule has 0 bridgehead atoms. The van der Waals surface area contributed by atoms with Crippen LogP contribution in [0.25, 0.3) is 6.08 Å². The Kier molecular flexibility index (Phi) is 11.1. The molecule has 1 aliphatic heterocycles. The average molecular weight is 478 g/mol. The SMILES string of the molecule is Cl.Cl.O=C(NO)C(F)=Cc1cnc(N[C@@H]2CCCN(Cc3ccccc3)C2)c(Cl)c1. The highest BCUT2D eigenvalue weighted by molar-refractivity contribution is 6.33. The second-order valence-corrected chi connectivity index (χ2v) is 7.14. The first-order valence-corrected chi connectivity index (χ1v) is 9.43. The summed E-state index contributed by atoms with van der Waals surface area (Å²) >= 11 is 6.27. The number of anilines is 1. The number of benzene rings is 1. The van der Waals surface area contributed by atoms with Crippen molar-refractivity contribution in [3.63, 3.8) is 0 Å². The third-order valence-corrected chi connectivity index (χ3v) is 4.86. The van der Waals surface area contributed by atoms with Gasteiger partial charge in [-0.3, -0.25) is 14.9 Å². The summed E-state index contributed by atoms with van der Waals surface area (Å²) in [6.45, 7) is 2.82. The van der Waals surface area contributed by atoms with Crippen molar-refractivity contribution >= 4 is 54.2 Å². The van der Waals surface area contributed by atoms with Gasteiger partial charge in [-0.05, 0) is 42.7 Å². The zero-order valence-corrected chi connectivity index (χ0v) is 18.4. The molecule has 1 aromatic heterocycles. The number of hydroxylamine groups is 1. The summed E-state index contributed by atoms with van der Waals surface area (Å²) in [5.41, 5.74) is 2.84. The third kappa shape index (κ3) is 7.41. The first kappa shape index (κ1) is 26.1. The van der Waals surface area contributed by atoms with E-state index in [1.165, 1.54) is 23.3 Å². The predicted molar refractivity (Wildman–Crippen MR) is 121 cm³/mol. The fourth-order valence-electron chi connectivity index (χ4n) is 3.26. The van der Waals surface area contributed by atoms with E-state index < -0.39 is 11.7 Å². The van der Waals surface area contributed by atoms with Crippen LogP contribution in [-0.4, -0.2) is 40.1 Å². The Morgan fingerprint density at radius 3 is 2.73 bits per heavy atom. The van der Waals surface area contributed by atoms with Crippen molar-refractivity contribution in [2.45, 2.75) is 25.4 Å². The molecule has 0 unspecified atom stereocenters. The van der Waals surface area contributed by atoms with Gasteiger partial charge in [0.05, 0.1) is 5.02 Å². The number of carbonyl (C=O) groups is 1. The Morgan fingerprint density at radius 1 is 1.33 bits per heavy atom. The van der Waals surface area contributed by atoms with Crippen LogP contribution in [0.5, 0.6) is 0 Å². The normalized spacial score (nSPS) is 16.8. The fourth-order valence-corrected chi connectivity index (χ4v) is 3.48. The summed E-state index contributed by atoms with van der Waals surface area (Å²) in [7, 11) is 0. The molecule has 1 aromatic carbocycles. The molecular formula is C20H24Cl3FN4O2. The smallest absolute Gasteiger partial charge is 0.303 e. The first-order chi connectivity index (χ1) is 13.5. The quantitative estimate of drug-likeness (QED) is 0.325. The zero-order chi connectivity index (χ0) is 19.9. The van der Waals surface area contributed by atoms with Gasteiger partial charge in [0.25, 0.3) is 0 Å². The summed E-state index contributed by atoms with van der Waals surface area (Å²) < 4.78 is 13.5. The number of pyridine rings is 1. The number of nitrogens with zero attached hydrogens (tertiary/aromatic N) is 2. The molecule has 1 fully saturated rings. The van der Waals surface area contributed by atoms with Crippen molar-refractivity contribution in [1.82, 2.24) is 15.4 Å². The molecule has 2 aromatic rings. The van der Waals surface area contributed by atoms with E-state index in [1.54, 1.807) is 0 Å². The summed E-state index contributed by atoms with van der Waals surface area (Å²) in [6, 6.07) is 12.1. The number of halogens is 4. The highest BCUT2D eigenvalue weighted by Crippen LogP contribution is 2.24. The summed E-state index contributed by atoms with van der Waals surface area (Å²) in [5.74, 6) is -1.83. The molecule has 30 heavy (non-hydrogen) atoms. The zero-order valence-electron chi connectivity index (χ0n) is 16.1. The van der Waals surface area contributed by atoms with Crippen molar-refractivity contribution < 1.29 is 14.4 Å². The van der Waals surface area contributed by atoms with Crippen LogP contribution in [-0.2, 0) is 11.3 Å². The number of hydrogen-bond donors (Lipinski definition) is 3. The van der Waals surface area contributed by atoms with Crippen LogP contribution >= 0.6 is 36.4 Å². The van der Waals surface area contributed by atoms with E-state index >= 15 is 0 Å². The van der Waals surface area contributed by atoms with Gasteiger partial charge in [0.2, 0.25) is 0 Å². The number of aromatic nitrogens is 1. The van der Waals surface area contributed by atoms with E-state index in [2.05, 4.69) is 27.3 Å². The van der Waals surface area contributed by atoms with Crippen molar-refractivity contribution in [2.24, 2.45) is 0 Å². The van der Waals surface area contributed by atoms with Gasteiger partial charge in [0.15, 0.2) is 5.83 Å². The van der Waals surface area contributed by atoms with Gasteiger partial charge < -0.3 is 5.32 Å². The number of nitrogens with one attached hydrogen (secondary N) is 2. The topological polar surface area (TPSA) is 77.5 Å². The molecule has 1 amide bonds. The van der Waals surface area contributed by atoms with Gasteiger partial charge in [0, 0.05) is 25.3 Å². The molecule has 6 nitrogen and oxygen atoms in total. The van der Waals surface area contributed by atoms with Gasteiger partial charge in [-0.25, -0.2) is 14.9 Å². The molecule has 10 heteroatoms. The number of carbonyl (C=O) groups excluding carboxylic acids is 1. The average Bonchev–Trinajstić information content (AvgIpc) is 2.70. The molecule has 0 spiro atoms. The van der Waals surface area contributed by atoms with Crippen molar-refractivity contribution in [1.29, 1.82) is 0 Å². The number of hydrogen-bond acceptors (Lipinski definition) is 5. The van der Waals surface area contributed by atoms with Crippen LogP contribution in [0, 0.1) is 0 Å². The minimum absolute atomic E-state index is 0. The molecule has 164 valence electrons. The Balaban J connectivity index is 0.00000225. The van der Waals surface area contributed by atoms with Crippen LogP contribution < -0.4 is 10.8 Å². The lowest BCUT2D eigenvalue weighted by Crippen LogP contribution is -2.41. The fraction of sp³-hybridized carbons (Fsp3) is 0.300. The number of piperidine rings is 1. The summed E-state index contributed by atoms with van der Waals surface area (Å²) in [6.07, 6.45) is 4.46. The second-order valence-electron chi connectivity index (χ2n) is 6.74. The predicted octanol–water partition coefficient (Wildman–Crippen LogP) is 4.47. The number of rotatable bonds is 6. The molecule has 2 heterocycles. The van der Waals surface area contributed by atoms with E-state index in [4.69, 9.17) is 16.8 Å². The van der Waals surface area contributed by atoms with Gasteiger partial charge in [-0.2, -0.15) is 0 Å². The minimum Gasteiger partial charge on any atom is -0.365 e. The van der Waals surface area contributed by atoms with E-state index in [9.17, 15) is 9.18 Å². The van der Waals surface area contributed by atoms with Gasteiger partial charge in [0.1, 0.15) is 5.82 Å². The molecule has 0 radical (unpaired) electrons. The maximum Gasteiger partial charge on any atom is 0.303 e. The maximum absolute atomic E-state index is 13.5. The lowest BCUT2D eigenvalue weighted by molar-refractivity contribution is -0.126. The third-order valence-electron chi connectivity index (χ3n) is 4.57. The van der Waals surface area contributed by atoms with Crippen LogP contribution in [0.2, 0.25) is 5.02 Å². The molecular weight excluding hydrogens is 454 g/mol. The van der Waals surface area contributed by atoms with Crippen molar-refractivity contribution in [3.05, 3.63) is 64.6 Å². The molecule has 1 saturated heterocycles. The largest absolute Gasteiger partial charge is 0.365 e. The summed E-state index contributed by atoms with van der Waals surface area (Å²) in [4.78, 5) is 17.7. The van der Waals surface area contributed by atoms with Crippen molar-refractivity contribution in [3.8, 4) is 0 Å². The summed E-state index contributed by atoms with van der Waals surface area (Å²) in [5, 5.41) is 12.1. The lowest BCUT2D eigenvalue weighted by atomic mass is 10.0. The van der Waals surface area contributed by atoms with Crippen LogP contribution in [0.4, 0.5) is 10.2 Å². The Labute approximate surface area is 192 Å². The lowest BCUT2D eigenvalue weighted by Gasteiger charge is -2.33. The maximum atomic E-state index is 13.5. The number of likely N-dealkylation sites (tertiary alicyclic amines) is 1. The Hall–Kier alpha value is -1.90.